The highest BCUT2D eigenvalue weighted by molar-refractivity contribution is 5.20. The molecule has 0 aliphatic rings. The Hall–Kier alpha value is -1.53. The molecule has 0 aliphatic carbocycles. The first-order valence-corrected chi connectivity index (χ1v) is 7.41. The summed E-state index contributed by atoms with van der Waals surface area (Å²) in [5.41, 5.74) is 0. The van der Waals surface area contributed by atoms with Crippen LogP contribution in [-0.2, 0) is 0 Å². The molecular weight excluding hydrogens is 509 g/mol. The van der Waals surface area contributed by atoms with E-state index in [-0.39, 0.29) is 4.90 Å². The maximum absolute atomic E-state index is 13.5. The van der Waals surface area contributed by atoms with Gasteiger partial charge in [0.25, 0.3) is 0 Å². The molecule has 2 unspecified atom stereocenters. The van der Waals surface area contributed by atoms with E-state index in [9.17, 15) is 74.6 Å². The number of allylic oxidation sites excluding steroid dienone is 1. The molecule has 32 heavy (non-hydrogen) atoms. The van der Waals surface area contributed by atoms with Crippen LogP contribution in [0, 0.1) is 0 Å². The van der Waals surface area contributed by atoms with Gasteiger partial charge in [0.15, 0.2) is 12.1 Å². The smallest absolute Gasteiger partial charge is 0.379 e. The standard InChI is InChI=1S/C13H10F17NO/c1-4(32)31(2)6(15)3-5(14)7(16,17)8(18,19)9(20,21)10(22,23)11(24,25)12(26,27)13(28,29)30/h3-4,6,32H,1-2H3. The molecular formula is C13H10F17NO. The molecule has 0 radical (unpaired) electrons. The van der Waals surface area contributed by atoms with E-state index in [1.54, 1.807) is 0 Å². The van der Waals surface area contributed by atoms with Gasteiger partial charge in [-0.15, -0.1) is 0 Å². The predicted molar refractivity (Wildman–Crippen MR) is 69.3 cm³/mol. The molecule has 0 saturated heterocycles. The summed E-state index contributed by atoms with van der Waals surface area (Å²) in [6.07, 6.45) is -14.4. The van der Waals surface area contributed by atoms with Crippen molar-refractivity contribution in [3.05, 3.63) is 11.9 Å². The molecule has 2 nitrogen and oxygen atoms in total. The van der Waals surface area contributed by atoms with Gasteiger partial charge in [0.2, 0.25) is 0 Å². The summed E-state index contributed by atoms with van der Waals surface area (Å²) in [7, 11) is 0.456. The van der Waals surface area contributed by atoms with Crippen LogP contribution >= 0.6 is 0 Å². The maximum Gasteiger partial charge on any atom is 0.460 e. The van der Waals surface area contributed by atoms with Crippen molar-refractivity contribution in [1.29, 1.82) is 0 Å². The Labute approximate surface area is 166 Å². The molecule has 0 aromatic rings. The van der Waals surface area contributed by atoms with Crippen LogP contribution in [0.15, 0.2) is 11.9 Å². The number of alkyl halides is 16. The lowest BCUT2D eigenvalue weighted by atomic mass is 9.90. The molecule has 192 valence electrons. The Kier molecular flexibility index (Phi) is 7.96. The second-order valence-corrected chi connectivity index (χ2v) is 6.13. The first-order valence-electron chi connectivity index (χ1n) is 7.41. The zero-order valence-electron chi connectivity index (χ0n) is 15.1. The third-order valence-corrected chi connectivity index (χ3v) is 3.89. The van der Waals surface area contributed by atoms with Gasteiger partial charge in [-0.3, -0.25) is 0 Å². The molecule has 0 rings (SSSR count). The largest absolute Gasteiger partial charge is 0.460 e. The Balaban J connectivity index is 6.60. The molecule has 0 heterocycles. The van der Waals surface area contributed by atoms with Crippen LogP contribution in [0.4, 0.5) is 74.6 Å². The van der Waals surface area contributed by atoms with Crippen molar-refractivity contribution in [2.24, 2.45) is 0 Å². The molecule has 0 aromatic carbocycles. The molecule has 0 amide bonds. The molecule has 0 bridgehead atoms. The van der Waals surface area contributed by atoms with Gasteiger partial charge in [-0.2, -0.15) is 65.9 Å². The summed E-state index contributed by atoms with van der Waals surface area (Å²) >= 11 is 0. The third-order valence-electron chi connectivity index (χ3n) is 3.89. The van der Waals surface area contributed by atoms with Crippen molar-refractivity contribution in [1.82, 2.24) is 4.90 Å². The van der Waals surface area contributed by atoms with E-state index in [1.165, 1.54) is 0 Å². The normalized spacial score (nSPS) is 18.2. The van der Waals surface area contributed by atoms with Crippen LogP contribution in [-0.4, -0.2) is 71.3 Å². The van der Waals surface area contributed by atoms with E-state index in [1.807, 2.05) is 0 Å². The number of hydrogen-bond acceptors (Lipinski definition) is 2. The first kappa shape index (κ1) is 30.5. The van der Waals surface area contributed by atoms with Gasteiger partial charge in [-0.25, -0.2) is 13.7 Å². The van der Waals surface area contributed by atoms with Gasteiger partial charge in [-0.05, 0) is 14.0 Å². The lowest BCUT2D eigenvalue weighted by molar-refractivity contribution is -0.450. The summed E-state index contributed by atoms with van der Waals surface area (Å²) in [4.78, 5) is -0.154. The summed E-state index contributed by atoms with van der Waals surface area (Å²) in [5, 5.41) is 8.87. The summed E-state index contributed by atoms with van der Waals surface area (Å²) in [6, 6.07) is 0. The number of aliphatic hydroxyl groups is 1. The van der Waals surface area contributed by atoms with Gasteiger partial charge < -0.3 is 5.11 Å². The van der Waals surface area contributed by atoms with Crippen LogP contribution in [0.25, 0.3) is 0 Å². The summed E-state index contributed by atoms with van der Waals surface area (Å²) in [6.45, 7) is 0.669. The SMILES string of the molecule is CC(O)N(C)C(F)C=C(F)C(F)(F)C(F)(F)C(F)(F)C(F)(F)C(F)(F)C(F)(F)C(F)(F)F. The van der Waals surface area contributed by atoms with E-state index >= 15 is 0 Å². The Morgan fingerprint density at radius 2 is 1.00 bits per heavy atom. The van der Waals surface area contributed by atoms with Crippen molar-refractivity contribution in [2.45, 2.75) is 61.2 Å². The van der Waals surface area contributed by atoms with Crippen LogP contribution in [0.2, 0.25) is 0 Å². The molecule has 2 atom stereocenters. The van der Waals surface area contributed by atoms with Gasteiger partial charge in [0.05, 0.1) is 0 Å². The minimum atomic E-state index is -8.57. The molecule has 0 fully saturated rings. The minimum Gasteiger partial charge on any atom is -0.379 e. The van der Waals surface area contributed by atoms with E-state index < -0.39 is 66.1 Å². The summed E-state index contributed by atoms with van der Waals surface area (Å²) in [5.74, 6) is -53.2. The molecule has 0 saturated carbocycles. The molecule has 0 aliphatic heterocycles. The second-order valence-electron chi connectivity index (χ2n) is 6.13. The minimum absolute atomic E-state index is 0.154. The van der Waals surface area contributed by atoms with E-state index in [0.29, 0.717) is 14.0 Å². The van der Waals surface area contributed by atoms with Crippen molar-refractivity contribution in [3.63, 3.8) is 0 Å². The fourth-order valence-corrected chi connectivity index (χ4v) is 1.67. The predicted octanol–water partition coefficient (Wildman–Crippen LogP) is 5.78. The van der Waals surface area contributed by atoms with Gasteiger partial charge >= 0.3 is 41.7 Å². The average molecular weight is 519 g/mol. The quantitative estimate of drug-likeness (QED) is 0.237. The molecule has 0 aromatic heterocycles. The van der Waals surface area contributed by atoms with Crippen LogP contribution < -0.4 is 0 Å². The van der Waals surface area contributed by atoms with Gasteiger partial charge in [0, 0.05) is 6.08 Å². The van der Waals surface area contributed by atoms with Crippen molar-refractivity contribution in [3.8, 4) is 0 Å². The van der Waals surface area contributed by atoms with Crippen LogP contribution in [0.3, 0.4) is 0 Å². The average Bonchev–Trinajstić information content (AvgIpc) is 2.58. The highest BCUT2D eigenvalue weighted by Gasteiger charge is 2.93. The Bertz CT molecular complexity index is 695. The van der Waals surface area contributed by atoms with Gasteiger partial charge in [0.1, 0.15) is 6.23 Å². The van der Waals surface area contributed by atoms with Crippen molar-refractivity contribution >= 4 is 0 Å². The molecule has 19 heteroatoms. The molecule has 1 N–H and O–H groups in total. The number of rotatable bonds is 9. The van der Waals surface area contributed by atoms with Crippen LogP contribution in [0.5, 0.6) is 0 Å². The second kappa shape index (κ2) is 8.35. The Morgan fingerprint density at radius 3 is 1.31 bits per heavy atom. The number of likely N-dealkylation sites (N-methyl/N-ethyl adjacent to an activating group) is 1. The Morgan fingerprint density at radius 1 is 0.688 bits per heavy atom. The number of hydrogen-bond donors (Lipinski definition) is 1. The third kappa shape index (κ3) is 4.33. The number of halogens is 17. The number of nitrogens with zero attached hydrogens (tertiary/aromatic N) is 1. The molecule has 0 spiro atoms. The monoisotopic (exact) mass is 519 g/mol. The highest BCUT2D eigenvalue weighted by atomic mass is 19.4. The van der Waals surface area contributed by atoms with E-state index in [4.69, 9.17) is 5.11 Å². The van der Waals surface area contributed by atoms with E-state index in [0.717, 1.165) is 0 Å². The zero-order chi connectivity index (χ0) is 26.5. The topological polar surface area (TPSA) is 23.5 Å². The zero-order valence-corrected chi connectivity index (χ0v) is 15.1. The fourth-order valence-electron chi connectivity index (χ4n) is 1.67. The van der Waals surface area contributed by atoms with Crippen LogP contribution in [0.1, 0.15) is 6.92 Å². The maximum atomic E-state index is 13.5. The van der Waals surface area contributed by atoms with Crippen molar-refractivity contribution < 1.29 is 79.7 Å². The van der Waals surface area contributed by atoms with Gasteiger partial charge in [-0.1, -0.05) is 0 Å². The van der Waals surface area contributed by atoms with Crippen molar-refractivity contribution in [2.75, 3.05) is 7.05 Å². The lowest BCUT2D eigenvalue weighted by Crippen LogP contribution is -2.72. The van der Waals surface area contributed by atoms with E-state index in [2.05, 4.69) is 0 Å². The first-order chi connectivity index (χ1) is 13.7. The fraction of sp³-hybridized carbons (Fsp3) is 0.846. The number of aliphatic hydroxyl groups excluding tert-OH is 1. The summed E-state index contributed by atoms with van der Waals surface area (Å²) < 4.78 is 221. The lowest BCUT2D eigenvalue weighted by Gasteiger charge is -2.41. The highest BCUT2D eigenvalue weighted by Crippen LogP contribution is 2.63.